The number of hydrogen-bond acceptors (Lipinski definition) is 7. The topological polar surface area (TPSA) is 115 Å². The summed E-state index contributed by atoms with van der Waals surface area (Å²) in [6.45, 7) is 3.44. The number of fused-ring (bicyclic) bond motifs is 1. The quantitative estimate of drug-likeness (QED) is 0.642. The van der Waals surface area contributed by atoms with E-state index in [0.717, 1.165) is 25.1 Å². The van der Waals surface area contributed by atoms with Crippen LogP contribution in [0.4, 0.5) is 13.2 Å². The number of pyridine rings is 1. The SMILES string of the molecule is O=C(O)C(F)(F)F.O=C(c1ccnnc1)N1C[C@H]2[C@@H](CCOCc3ccncc3)CO[C@H]2C1. The molecule has 4 rings (SSSR count). The summed E-state index contributed by atoms with van der Waals surface area (Å²) in [6, 6.07) is 5.63. The molecule has 9 nitrogen and oxygen atoms in total. The van der Waals surface area contributed by atoms with Crippen LogP contribution >= 0.6 is 0 Å². The number of aromatic nitrogens is 3. The van der Waals surface area contributed by atoms with Gasteiger partial charge in [0.05, 0.1) is 37.3 Å². The van der Waals surface area contributed by atoms with Crippen molar-refractivity contribution in [3.8, 4) is 0 Å². The number of carboxylic acids is 1. The number of aliphatic carboxylic acids is 1. The molecular formula is C21H23F3N4O5. The lowest BCUT2D eigenvalue weighted by molar-refractivity contribution is -0.192. The van der Waals surface area contributed by atoms with Crippen LogP contribution < -0.4 is 0 Å². The molecule has 0 aromatic carbocycles. The first-order chi connectivity index (χ1) is 15.8. The number of carboxylic acid groups (broad SMARTS) is 1. The molecule has 2 aromatic heterocycles. The highest BCUT2D eigenvalue weighted by Gasteiger charge is 2.45. The zero-order valence-electron chi connectivity index (χ0n) is 17.5. The van der Waals surface area contributed by atoms with E-state index in [4.69, 9.17) is 19.4 Å². The summed E-state index contributed by atoms with van der Waals surface area (Å²) in [5.74, 6) is -1.93. The van der Waals surface area contributed by atoms with E-state index in [0.29, 0.717) is 37.2 Å². The summed E-state index contributed by atoms with van der Waals surface area (Å²) < 4.78 is 43.5. The molecule has 0 aliphatic carbocycles. The second-order valence-corrected chi connectivity index (χ2v) is 7.64. The van der Waals surface area contributed by atoms with Gasteiger partial charge in [-0.05, 0) is 36.1 Å². The molecule has 2 aromatic rings. The summed E-state index contributed by atoms with van der Waals surface area (Å²) in [4.78, 5) is 27.3. The van der Waals surface area contributed by atoms with Crippen LogP contribution in [0.25, 0.3) is 0 Å². The maximum absolute atomic E-state index is 12.6. The van der Waals surface area contributed by atoms with Gasteiger partial charge in [0.25, 0.3) is 5.91 Å². The van der Waals surface area contributed by atoms with Gasteiger partial charge in [0.15, 0.2) is 0 Å². The van der Waals surface area contributed by atoms with Crippen molar-refractivity contribution in [3.63, 3.8) is 0 Å². The monoisotopic (exact) mass is 468 g/mol. The highest BCUT2D eigenvalue weighted by Crippen LogP contribution is 2.36. The average molecular weight is 468 g/mol. The van der Waals surface area contributed by atoms with Crippen molar-refractivity contribution in [2.45, 2.75) is 25.3 Å². The molecule has 0 bridgehead atoms. The van der Waals surface area contributed by atoms with E-state index in [1.807, 2.05) is 17.0 Å². The number of nitrogens with zero attached hydrogens (tertiary/aromatic N) is 4. The Hall–Kier alpha value is -3.12. The van der Waals surface area contributed by atoms with Gasteiger partial charge in [-0.2, -0.15) is 23.4 Å². The van der Waals surface area contributed by atoms with Gasteiger partial charge in [-0.1, -0.05) is 0 Å². The van der Waals surface area contributed by atoms with E-state index in [2.05, 4.69) is 15.2 Å². The molecule has 0 unspecified atom stereocenters. The minimum Gasteiger partial charge on any atom is -0.475 e. The Morgan fingerprint density at radius 2 is 1.88 bits per heavy atom. The summed E-state index contributed by atoms with van der Waals surface area (Å²) >= 11 is 0. The lowest BCUT2D eigenvalue weighted by Gasteiger charge is -2.19. The molecule has 33 heavy (non-hydrogen) atoms. The van der Waals surface area contributed by atoms with Gasteiger partial charge < -0.3 is 19.5 Å². The first kappa shape index (κ1) is 24.5. The molecule has 12 heteroatoms. The Labute approximate surface area is 187 Å². The summed E-state index contributed by atoms with van der Waals surface area (Å²) in [5, 5.41) is 14.6. The number of hydrogen-bond donors (Lipinski definition) is 1. The van der Waals surface area contributed by atoms with Gasteiger partial charge in [0.1, 0.15) is 0 Å². The van der Waals surface area contributed by atoms with Crippen molar-refractivity contribution in [2.75, 3.05) is 26.3 Å². The molecular weight excluding hydrogens is 445 g/mol. The second kappa shape index (κ2) is 11.1. The van der Waals surface area contributed by atoms with Crippen LogP contribution in [0, 0.1) is 11.8 Å². The number of rotatable bonds is 6. The van der Waals surface area contributed by atoms with E-state index in [1.165, 1.54) is 6.20 Å². The highest BCUT2D eigenvalue weighted by atomic mass is 19.4. The first-order valence-corrected chi connectivity index (χ1v) is 10.2. The Kier molecular flexibility index (Phi) is 8.28. The third kappa shape index (κ3) is 6.93. The van der Waals surface area contributed by atoms with Crippen LogP contribution in [0.15, 0.2) is 43.0 Å². The van der Waals surface area contributed by atoms with Crippen molar-refractivity contribution in [1.29, 1.82) is 0 Å². The third-order valence-electron chi connectivity index (χ3n) is 5.45. The van der Waals surface area contributed by atoms with Gasteiger partial charge in [-0.25, -0.2) is 4.79 Å². The fourth-order valence-electron chi connectivity index (χ4n) is 3.77. The van der Waals surface area contributed by atoms with E-state index < -0.39 is 12.1 Å². The van der Waals surface area contributed by atoms with E-state index in [-0.39, 0.29) is 12.0 Å². The number of likely N-dealkylation sites (tertiary alicyclic amines) is 1. The molecule has 0 spiro atoms. The molecule has 1 N–H and O–H groups in total. The predicted molar refractivity (Wildman–Crippen MR) is 107 cm³/mol. The summed E-state index contributed by atoms with van der Waals surface area (Å²) in [5.41, 5.74) is 1.71. The minimum absolute atomic E-state index is 0.00517. The van der Waals surface area contributed by atoms with Crippen molar-refractivity contribution in [3.05, 3.63) is 54.1 Å². The zero-order valence-corrected chi connectivity index (χ0v) is 17.5. The number of alkyl halides is 3. The molecule has 0 saturated carbocycles. The summed E-state index contributed by atoms with van der Waals surface area (Å²) in [7, 11) is 0. The zero-order chi connectivity index (χ0) is 23.8. The van der Waals surface area contributed by atoms with Crippen LogP contribution in [-0.2, 0) is 20.9 Å². The fourth-order valence-corrected chi connectivity index (χ4v) is 3.77. The number of carbonyl (C=O) groups is 2. The largest absolute Gasteiger partial charge is 0.490 e. The Balaban J connectivity index is 0.000000383. The van der Waals surface area contributed by atoms with E-state index >= 15 is 0 Å². The number of halogens is 3. The molecule has 178 valence electrons. The molecule has 4 heterocycles. The molecule has 2 fully saturated rings. The van der Waals surface area contributed by atoms with Crippen LogP contribution in [-0.4, -0.2) is 75.6 Å². The van der Waals surface area contributed by atoms with Gasteiger partial charge in [-0.3, -0.25) is 9.78 Å². The van der Waals surface area contributed by atoms with Gasteiger partial charge in [-0.15, -0.1) is 0 Å². The third-order valence-corrected chi connectivity index (χ3v) is 5.45. The lowest BCUT2D eigenvalue weighted by atomic mass is 9.91. The predicted octanol–water partition coefficient (Wildman–Crippen LogP) is 2.20. The molecule has 2 saturated heterocycles. The van der Waals surface area contributed by atoms with Crippen molar-refractivity contribution in [1.82, 2.24) is 20.1 Å². The van der Waals surface area contributed by atoms with Crippen LogP contribution in [0.2, 0.25) is 0 Å². The van der Waals surface area contributed by atoms with Crippen molar-refractivity contribution < 1.29 is 37.3 Å². The number of ether oxygens (including phenoxy) is 2. The van der Waals surface area contributed by atoms with Gasteiger partial charge in [0.2, 0.25) is 0 Å². The average Bonchev–Trinajstić information content (AvgIpc) is 3.39. The van der Waals surface area contributed by atoms with Gasteiger partial charge in [0, 0.05) is 38.0 Å². The van der Waals surface area contributed by atoms with Crippen LogP contribution in [0.5, 0.6) is 0 Å². The minimum atomic E-state index is -5.08. The van der Waals surface area contributed by atoms with Gasteiger partial charge >= 0.3 is 12.1 Å². The summed E-state index contributed by atoms with van der Waals surface area (Å²) in [6.07, 6.45) is 2.61. The Morgan fingerprint density at radius 3 is 2.52 bits per heavy atom. The lowest BCUT2D eigenvalue weighted by Crippen LogP contribution is -2.31. The van der Waals surface area contributed by atoms with E-state index in [9.17, 15) is 18.0 Å². The maximum atomic E-state index is 12.6. The number of carbonyl (C=O) groups excluding carboxylic acids is 1. The highest BCUT2D eigenvalue weighted by molar-refractivity contribution is 5.94. The molecule has 2 aliphatic heterocycles. The Bertz CT molecular complexity index is 917. The fraction of sp³-hybridized carbons (Fsp3) is 0.476. The Morgan fingerprint density at radius 1 is 1.15 bits per heavy atom. The van der Waals surface area contributed by atoms with Crippen LogP contribution in [0.1, 0.15) is 22.3 Å². The molecule has 0 radical (unpaired) electrons. The van der Waals surface area contributed by atoms with Crippen molar-refractivity contribution in [2.24, 2.45) is 11.8 Å². The van der Waals surface area contributed by atoms with E-state index in [1.54, 1.807) is 24.7 Å². The molecule has 2 aliphatic rings. The van der Waals surface area contributed by atoms with Crippen LogP contribution in [0.3, 0.4) is 0 Å². The smallest absolute Gasteiger partial charge is 0.475 e. The maximum Gasteiger partial charge on any atom is 0.490 e. The number of amides is 1. The normalized spacial score (nSPS) is 21.8. The standard InChI is InChI=1S/C19H22N4O3.C2HF3O2/c24-19(15-3-7-21-22-9-15)23-10-17-16(13-26-18(17)11-23)4-8-25-12-14-1-5-20-6-2-14;3-2(4,5)1(6)7/h1-3,5-7,9,16-18H,4,8,10-13H2;(H,6,7)/t16-,17-,18-;/m0./s1. The first-order valence-electron chi connectivity index (χ1n) is 10.2. The molecule has 1 amide bonds. The van der Waals surface area contributed by atoms with Crippen molar-refractivity contribution >= 4 is 11.9 Å². The molecule has 3 atom stereocenters. The second-order valence-electron chi connectivity index (χ2n) is 7.64.